The van der Waals surface area contributed by atoms with E-state index in [1.54, 1.807) is 0 Å². The number of hydrogen-bond donors (Lipinski definition) is 1. The van der Waals surface area contributed by atoms with Crippen molar-refractivity contribution >= 4 is 0 Å². The quantitative estimate of drug-likeness (QED) is 0.262. The second-order valence-electron chi connectivity index (χ2n) is 9.44. The molecule has 0 spiro atoms. The van der Waals surface area contributed by atoms with E-state index in [0.29, 0.717) is 25.6 Å². The molecule has 202 valence electrons. The molecule has 4 aromatic carbocycles. The van der Waals surface area contributed by atoms with E-state index in [9.17, 15) is 5.11 Å². The highest BCUT2D eigenvalue weighted by atomic mass is 16.7. The molecule has 0 aromatic heterocycles. The lowest BCUT2D eigenvalue weighted by Crippen LogP contribution is -2.62. The summed E-state index contributed by atoms with van der Waals surface area (Å²) < 4.78 is 32.1. The Balaban J connectivity index is 1.44. The maximum absolute atomic E-state index is 10.4. The maximum Gasteiger partial charge on any atom is 0.229 e. The van der Waals surface area contributed by atoms with Crippen molar-refractivity contribution in [1.29, 1.82) is 0 Å². The van der Waals surface area contributed by atoms with Gasteiger partial charge >= 0.3 is 0 Å². The van der Waals surface area contributed by atoms with E-state index in [-0.39, 0.29) is 6.61 Å². The van der Waals surface area contributed by atoms with Crippen LogP contribution in [0.25, 0.3) is 0 Å². The summed E-state index contributed by atoms with van der Waals surface area (Å²) in [4.78, 5) is 0. The van der Waals surface area contributed by atoms with Crippen LogP contribution in [0.5, 0.6) is 5.75 Å². The summed E-state index contributed by atoms with van der Waals surface area (Å²) in [5, 5.41) is 10.4. The molecule has 1 saturated heterocycles. The van der Waals surface area contributed by atoms with E-state index in [1.165, 1.54) is 0 Å². The van der Waals surface area contributed by atoms with Crippen molar-refractivity contribution < 1.29 is 28.8 Å². The molecular weight excluding hydrogens is 492 g/mol. The number of aliphatic hydroxyl groups is 1. The van der Waals surface area contributed by atoms with Crippen molar-refractivity contribution in [1.82, 2.24) is 0 Å². The van der Waals surface area contributed by atoms with Crippen LogP contribution in [0.2, 0.25) is 0 Å². The Kier molecular flexibility index (Phi) is 9.74. The summed E-state index contributed by atoms with van der Waals surface area (Å²) in [6.07, 6.45) is -3.34. The first kappa shape index (κ1) is 27.1. The molecule has 0 saturated carbocycles. The molecule has 1 aliphatic heterocycles. The molecule has 6 heteroatoms. The Hall–Kier alpha value is -3.52. The molecular formula is C33H34O6. The van der Waals surface area contributed by atoms with Crippen molar-refractivity contribution in [3.63, 3.8) is 0 Å². The second kappa shape index (κ2) is 14.0. The SMILES string of the molecule is OC[C@H]1O[C@@H](Oc2ccccc2)[C@H](OCc2ccccc2)[C@@H](OCc2ccccc2)[C@H]1OCc1ccccc1. The molecule has 0 aliphatic carbocycles. The molecule has 4 aromatic rings. The van der Waals surface area contributed by atoms with Crippen LogP contribution >= 0.6 is 0 Å². The van der Waals surface area contributed by atoms with Crippen LogP contribution < -0.4 is 4.74 Å². The van der Waals surface area contributed by atoms with Crippen LogP contribution in [0.3, 0.4) is 0 Å². The fourth-order valence-corrected chi connectivity index (χ4v) is 4.62. The molecule has 39 heavy (non-hydrogen) atoms. The minimum absolute atomic E-state index is 0.259. The van der Waals surface area contributed by atoms with Gasteiger partial charge in [0.25, 0.3) is 0 Å². The standard InChI is InChI=1S/C33H34O6/c34-21-29-30(35-22-25-13-5-1-6-14-25)31(36-23-26-15-7-2-8-16-26)32(37-24-27-17-9-3-10-18-27)33(39-29)38-28-19-11-4-12-20-28/h1-20,29-34H,21-24H2/t29-,30+,31+,32-,33-/m1/s1. The zero-order chi connectivity index (χ0) is 26.7. The maximum atomic E-state index is 10.4. The van der Waals surface area contributed by atoms with Crippen LogP contribution in [0.4, 0.5) is 0 Å². The van der Waals surface area contributed by atoms with Gasteiger partial charge in [-0.3, -0.25) is 0 Å². The van der Waals surface area contributed by atoms with Gasteiger partial charge in [0.1, 0.15) is 30.2 Å². The van der Waals surface area contributed by atoms with Gasteiger partial charge in [-0.2, -0.15) is 0 Å². The Morgan fingerprint density at radius 2 is 0.923 bits per heavy atom. The van der Waals surface area contributed by atoms with Gasteiger partial charge in [-0.1, -0.05) is 109 Å². The average molecular weight is 527 g/mol. The highest BCUT2D eigenvalue weighted by molar-refractivity contribution is 5.22. The number of hydrogen-bond acceptors (Lipinski definition) is 6. The fourth-order valence-electron chi connectivity index (χ4n) is 4.62. The number of para-hydroxylation sites is 1. The molecule has 5 atom stereocenters. The molecule has 1 heterocycles. The van der Waals surface area contributed by atoms with Crippen LogP contribution in [-0.2, 0) is 38.8 Å². The highest BCUT2D eigenvalue weighted by Crippen LogP contribution is 2.32. The summed E-state index contributed by atoms with van der Waals surface area (Å²) in [6.45, 7) is 0.763. The molecule has 0 radical (unpaired) electrons. The summed E-state index contributed by atoms with van der Waals surface area (Å²) in [5.41, 5.74) is 3.05. The third-order valence-corrected chi connectivity index (χ3v) is 6.62. The predicted molar refractivity (Wildman–Crippen MR) is 148 cm³/mol. The fraction of sp³-hybridized carbons (Fsp3) is 0.273. The summed E-state index contributed by atoms with van der Waals surface area (Å²) in [7, 11) is 0. The predicted octanol–water partition coefficient (Wildman–Crippen LogP) is 5.54. The van der Waals surface area contributed by atoms with Crippen molar-refractivity contribution in [2.45, 2.75) is 50.5 Å². The van der Waals surface area contributed by atoms with E-state index < -0.39 is 30.7 Å². The van der Waals surface area contributed by atoms with Crippen LogP contribution in [0.1, 0.15) is 16.7 Å². The Labute approximate surface area is 229 Å². The highest BCUT2D eigenvalue weighted by Gasteiger charge is 2.49. The summed E-state index contributed by atoms with van der Waals surface area (Å²) in [6, 6.07) is 39.3. The molecule has 6 nitrogen and oxygen atoms in total. The Morgan fingerprint density at radius 1 is 0.513 bits per heavy atom. The number of aliphatic hydroxyl groups excluding tert-OH is 1. The molecule has 1 N–H and O–H groups in total. The lowest BCUT2D eigenvalue weighted by molar-refractivity contribution is -0.308. The van der Waals surface area contributed by atoms with E-state index in [4.69, 9.17) is 23.7 Å². The van der Waals surface area contributed by atoms with Gasteiger partial charge < -0.3 is 28.8 Å². The smallest absolute Gasteiger partial charge is 0.229 e. The Morgan fingerprint density at radius 3 is 1.38 bits per heavy atom. The molecule has 0 unspecified atom stereocenters. The lowest BCUT2D eigenvalue weighted by atomic mass is 9.97. The van der Waals surface area contributed by atoms with Gasteiger partial charge in [-0.25, -0.2) is 0 Å². The third-order valence-electron chi connectivity index (χ3n) is 6.62. The zero-order valence-electron chi connectivity index (χ0n) is 21.8. The van der Waals surface area contributed by atoms with E-state index in [0.717, 1.165) is 16.7 Å². The zero-order valence-corrected chi connectivity index (χ0v) is 21.8. The van der Waals surface area contributed by atoms with Crippen molar-refractivity contribution in [2.75, 3.05) is 6.61 Å². The summed E-state index contributed by atoms with van der Waals surface area (Å²) in [5.74, 6) is 0.637. The molecule has 0 bridgehead atoms. The van der Waals surface area contributed by atoms with Gasteiger partial charge in [-0.05, 0) is 28.8 Å². The lowest BCUT2D eigenvalue weighted by Gasteiger charge is -2.45. The molecule has 1 fully saturated rings. The van der Waals surface area contributed by atoms with Crippen LogP contribution in [0, 0.1) is 0 Å². The van der Waals surface area contributed by atoms with E-state index >= 15 is 0 Å². The average Bonchev–Trinajstić information content (AvgIpc) is 3.00. The van der Waals surface area contributed by atoms with Gasteiger partial charge in [0.15, 0.2) is 0 Å². The van der Waals surface area contributed by atoms with Crippen molar-refractivity contribution in [3.05, 3.63) is 138 Å². The van der Waals surface area contributed by atoms with E-state index in [2.05, 4.69) is 0 Å². The summed E-state index contributed by atoms with van der Waals surface area (Å²) >= 11 is 0. The van der Waals surface area contributed by atoms with Gasteiger partial charge in [0.2, 0.25) is 6.29 Å². The topological polar surface area (TPSA) is 66.4 Å². The first-order valence-electron chi connectivity index (χ1n) is 13.2. The van der Waals surface area contributed by atoms with E-state index in [1.807, 2.05) is 121 Å². The van der Waals surface area contributed by atoms with Crippen LogP contribution in [-0.4, -0.2) is 42.4 Å². The molecule has 0 amide bonds. The van der Waals surface area contributed by atoms with Crippen molar-refractivity contribution in [2.24, 2.45) is 0 Å². The van der Waals surface area contributed by atoms with Gasteiger partial charge in [-0.15, -0.1) is 0 Å². The molecule has 1 aliphatic rings. The van der Waals surface area contributed by atoms with Gasteiger partial charge in [0, 0.05) is 0 Å². The third kappa shape index (κ3) is 7.53. The normalized spacial score (nSPS) is 22.8. The number of benzene rings is 4. The number of rotatable bonds is 12. The number of ether oxygens (including phenoxy) is 5. The van der Waals surface area contributed by atoms with Crippen LogP contribution in [0.15, 0.2) is 121 Å². The van der Waals surface area contributed by atoms with Gasteiger partial charge in [0.05, 0.1) is 26.4 Å². The minimum atomic E-state index is -0.828. The largest absolute Gasteiger partial charge is 0.462 e. The first-order chi connectivity index (χ1) is 19.3. The van der Waals surface area contributed by atoms with Crippen molar-refractivity contribution in [3.8, 4) is 5.75 Å². The minimum Gasteiger partial charge on any atom is -0.462 e. The second-order valence-corrected chi connectivity index (χ2v) is 9.44. The first-order valence-corrected chi connectivity index (χ1v) is 13.2. The Bertz CT molecular complexity index is 1220. The molecule has 5 rings (SSSR count). The monoisotopic (exact) mass is 526 g/mol.